The van der Waals surface area contributed by atoms with Crippen molar-refractivity contribution in [2.24, 2.45) is 0 Å². The highest BCUT2D eigenvalue weighted by molar-refractivity contribution is 7.99. The smallest absolute Gasteiger partial charge is 0.386 e. The van der Waals surface area contributed by atoms with Gasteiger partial charge in [-0.2, -0.15) is 24.9 Å². The van der Waals surface area contributed by atoms with Gasteiger partial charge in [0.05, 0.1) is 10.5 Å². The highest BCUT2D eigenvalue weighted by atomic mass is 32.2. The van der Waals surface area contributed by atoms with Crippen molar-refractivity contribution in [2.45, 2.75) is 37.8 Å². The summed E-state index contributed by atoms with van der Waals surface area (Å²) in [7, 11) is 1.45. The average molecular weight is 358 g/mol. The predicted molar refractivity (Wildman–Crippen MR) is 89.7 cm³/mol. The van der Waals surface area contributed by atoms with Crippen LogP contribution in [-0.2, 0) is 6.18 Å². The number of alkyl halides is 3. The Morgan fingerprint density at radius 3 is 2.50 bits per heavy atom. The van der Waals surface area contributed by atoms with Crippen molar-refractivity contribution >= 4 is 36.3 Å². The highest BCUT2D eigenvalue weighted by Crippen LogP contribution is 2.38. The fourth-order valence-corrected chi connectivity index (χ4v) is 3.17. The second-order valence-electron chi connectivity index (χ2n) is 6.13. The van der Waals surface area contributed by atoms with Crippen molar-refractivity contribution in [1.29, 1.82) is 0 Å². The first-order valence-corrected chi connectivity index (χ1v) is 8.27. The Morgan fingerprint density at radius 1 is 1.38 bits per heavy atom. The molecular weight excluding hydrogens is 342 g/mol. The number of fused-ring (bicyclic) bond motifs is 1. The number of nitro groups is 1. The molecule has 1 aliphatic heterocycles. The summed E-state index contributed by atoms with van der Waals surface area (Å²) < 4.78 is 39.1. The van der Waals surface area contributed by atoms with Crippen LogP contribution in [0.2, 0.25) is 0 Å². The minimum absolute atomic E-state index is 0.220. The molecule has 2 rings (SSSR count). The monoisotopic (exact) mass is 358 g/mol. The SMILES string of the molecule is CC(C)SCC(C)(O)C1=Cc2cc([N+](=O)[O-])c(C(F)(F)F)cc2[B]1. The molecule has 0 aliphatic carbocycles. The van der Waals surface area contributed by atoms with Crippen LogP contribution in [0.3, 0.4) is 0 Å². The first-order chi connectivity index (χ1) is 10.9. The van der Waals surface area contributed by atoms with Gasteiger partial charge in [0.15, 0.2) is 7.28 Å². The van der Waals surface area contributed by atoms with Gasteiger partial charge >= 0.3 is 6.18 Å². The molecule has 1 aliphatic rings. The Labute approximate surface area is 142 Å². The van der Waals surface area contributed by atoms with Crippen molar-refractivity contribution in [1.82, 2.24) is 0 Å². The molecule has 0 bridgehead atoms. The van der Waals surface area contributed by atoms with Gasteiger partial charge in [-0.15, -0.1) is 0 Å². The summed E-state index contributed by atoms with van der Waals surface area (Å²) >= 11 is 1.52. The molecule has 0 amide bonds. The van der Waals surface area contributed by atoms with Crippen LogP contribution in [0, 0.1) is 10.1 Å². The number of benzene rings is 1. The van der Waals surface area contributed by atoms with Crippen LogP contribution < -0.4 is 5.46 Å². The van der Waals surface area contributed by atoms with Crippen molar-refractivity contribution < 1.29 is 23.2 Å². The second-order valence-corrected chi connectivity index (χ2v) is 7.70. The van der Waals surface area contributed by atoms with Crippen LogP contribution in [0.15, 0.2) is 17.6 Å². The molecule has 1 aromatic rings. The summed E-state index contributed by atoms with van der Waals surface area (Å²) in [6.45, 7) is 5.53. The predicted octanol–water partition coefficient (Wildman–Crippen LogP) is 3.19. The minimum Gasteiger partial charge on any atom is -0.386 e. The molecule has 9 heteroatoms. The zero-order chi connectivity index (χ0) is 18.3. The molecule has 1 atom stereocenters. The van der Waals surface area contributed by atoms with E-state index in [1.165, 1.54) is 25.1 Å². The van der Waals surface area contributed by atoms with Crippen LogP contribution in [0.1, 0.15) is 31.9 Å². The quantitative estimate of drug-likeness (QED) is 0.499. The van der Waals surface area contributed by atoms with Gasteiger partial charge in [0.2, 0.25) is 0 Å². The standard InChI is InChI=1S/C15H16BF3NO3S/c1-8(2)24-7-14(3,21)13-5-9-4-12(20(22)23)10(15(17,18)19)6-11(9)16-13/h4-6,8,21H,7H2,1-3H3. The molecule has 0 saturated carbocycles. The lowest BCUT2D eigenvalue weighted by Crippen LogP contribution is -2.35. The molecule has 1 unspecified atom stereocenters. The average Bonchev–Trinajstić information content (AvgIpc) is 2.86. The molecule has 24 heavy (non-hydrogen) atoms. The summed E-state index contributed by atoms with van der Waals surface area (Å²) in [4.78, 5) is 9.91. The summed E-state index contributed by atoms with van der Waals surface area (Å²) in [5, 5.41) is 21.8. The van der Waals surface area contributed by atoms with Crippen LogP contribution in [0.25, 0.3) is 6.08 Å². The summed E-state index contributed by atoms with van der Waals surface area (Å²) in [6.07, 6.45) is -3.31. The van der Waals surface area contributed by atoms with Gasteiger partial charge in [0, 0.05) is 11.8 Å². The van der Waals surface area contributed by atoms with E-state index in [1.807, 2.05) is 13.8 Å². The number of aliphatic hydroxyl groups is 1. The lowest BCUT2D eigenvalue weighted by atomic mass is 9.61. The van der Waals surface area contributed by atoms with Crippen molar-refractivity contribution in [3.8, 4) is 0 Å². The van der Waals surface area contributed by atoms with Crippen LogP contribution in [0.4, 0.5) is 18.9 Å². The lowest BCUT2D eigenvalue weighted by molar-refractivity contribution is -0.388. The summed E-state index contributed by atoms with van der Waals surface area (Å²) in [5.41, 5.74) is -2.53. The van der Waals surface area contributed by atoms with Gasteiger partial charge in [-0.05, 0) is 23.8 Å². The summed E-state index contributed by atoms with van der Waals surface area (Å²) in [5.74, 6) is 0.370. The molecule has 1 heterocycles. The topological polar surface area (TPSA) is 63.4 Å². The Kier molecular flexibility index (Phi) is 5.06. The zero-order valence-corrected chi connectivity index (χ0v) is 14.2. The molecule has 0 saturated heterocycles. The van der Waals surface area contributed by atoms with E-state index in [4.69, 9.17) is 0 Å². The molecule has 1 radical (unpaired) electrons. The van der Waals surface area contributed by atoms with Crippen LogP contribution >= 0.6 is 11.8 Å². The second kappa shape index (κ2) is 6.44. The third kappa shape index (κ3) is 3.95. The third-order valence-electron chi connectivity index (χ3n) is 3.65. The molecule has 4 nitrogen and oxygen atoms in total. The van der Waals surface area contributed by atoms with E-state index in [9.17, 15) is 28.4 Å². The first-order valence-electron chi connectivity index (χ1n) is 7.22. The maximum absolute atomic E-state index is 13.0. The maximum Gasteiger partial charge on any atom is 0.422 e. The van der Waals surface area contributed by atoms with E-state index in [-0.39, 0.29) is 5.46 Å². The summed E-state index contributed by atoms with van der Waals surface area (Å²) in [6, 6.07) is 1.68. The van der Waals surface area contributed by atoms with Gasteiger partial charge in [-0.25, -0.2) is 0 Å². The largest absolute Gasteiger partial charge is 0.422 e. The molecule has 0 fully saturated rings. The number of nitrogens with zero attached hydrogens (tertiary/aromatic N) is 1. The number of hydrogen-bond donors (Lipinski definition) is 1. The van der Waals surface area contributed by atoms with E-state index < -0.39 is 28.0 Å². The van der Waals surface area contributed by atoms with Gasteiger partial charge in [0.1, 0.15) is 5.56 Å². The van der Waals surface area contributed by atoms with Crippen molar-refractivity contribution in [3.63, 3.8) is 0 Å². The van der Waals surface area contributed by atoms with Crippen molar-refractivity contribution in [2.75, 3.05) is 5.75 Å². The Bertz CT molecular complexity index is 702. The number of rotatable bonds is 5. The van der Waals surface area contributed by atoms with E-state index >= 15 is 0 Å². The molecule has 0 aromatic heterocycles. The maximum atomic E-state index is 13.0. The fourth-order valence-electron chi connectivity index (χ4n) is 2.35. The molecule has 1 N–H and O–H groups in total. The van der Waals surface area contributed by atoms with E-state index in [0.717, 1.165) is 12.1 Å². The molecule has 0 spiro atoms. The van der Waals surface area contributed by atoms with Crippen molar-refractivity contribution in [3.05, 3.63) is 38.8 Å². The molecule has 129 valence electrons. The minimum atomic E-state index is -4.82. The van der Waals surface area contributed by atoms with E-state index in [1.54, 1.807) is 6.92 Å². The number of thioether (sulfide) groups is 1. The Morgan fingerprint density at radius 2 is 2.00 bits per heavy atom. The number of nitro benzene ring substituents is 1. The van der Waals surface area contributed by atoms with Gasteiger partial charge in [0.25, 0.3) is 5.69 Å². The van der Waals surface area contributed by atoms with Crippen LogP contribution in [-0.4, -0.2) is 33.9 Å². The fraction of sp³-hybridized carbons (Fsp3) is 0.467. The number of halogens is 3. The third-order valence-corrected chi connectivity index (χ3v) is 5.04. The lowest BCUT2D eigenvalue weighted by Gasteiger charge is -2.25. The van der Waals surface area contributed by atoms with Gasteiger partial charge in [-0.1, -0.05) is 30.9 Å². The first kappa shape index (κ1) is 18.9. The van der Waals surface area contributed by atoms with Gasteiger partial charge < -0.3 is 5.11 Å². The van der Waals surface area contributed by atoms with E-state index in [2.05, 4.69) is 0 Å². The molecular formula is C15H16BF3NO3S. The normalized spacial score (nSPS) is 16.4. The van der Waals surface area contributed by atoms with Crippen LogP contribution in [0.5, 0.6) is 0 Å². The highest BCUT2D eigenvalue weighted by Gasteiger charge is 2.40. The van der Waals surface area contributed by atoms with E-state index in [0.29, 0.717) is 22.0 Å². The zero-order valence-electron chi connectivity index (χ0n) is 13.3. The van der Waals surface area contributed by atoms with Gasteiger partial charge in [-0.3, -0.25) is 10.1 Å². The number of hydrogen-bond acceptors (Lipinski definition) is 4. The Hall–Kier alpha value is -1.48. The Balaban J connectivity index is 2.38. The molecule has 1 aromatic carbocycles.